The average Bonchev–Trinajstić information content (AvgIpc) is 2.33. The van der Waals surface area contributed by atoms with Crippen molar-refractivity contribution in [2.75, 3.05) is 5.32 Å². The van der Waals surface area contributed by atoms with Gasteiger partial charge in [-0.15, -0.1) is 0 Å². The molecule has 1 heterocycles. The van der Waals surface area contributed by atoms with E-state index in [0.717, 1.165) is 11.3 Å². The number of hydrogen-bond donors (Lipinski definition) is 1. The zero-order chi connectivity index (χ0) is 13.1. The highest BCUT2D eigenvalue weighted by atomic mass is 35.5. The third-order valence-corrected chi connectivity index (χ3v) is 2.72. The number of aromatic nitrogens is 2. The summed E-state index contributed by atoms with van der Waals surface area (Å²) in [6.07, 6.45) is 1.49. The van der Waals surface area contributed by atoms with E-state index in [1.165, 1.54) is 6.20 Å². The maximum absolute atomic E-state index is 9.00. The number of rotatable bonds is 2. The molecular formula is C13H11ClN4. The molecule has 18 heavy (non-hydrogen) atoms. The molecule has 1 aromatic heterocycles. The fourth-order valence-corrected chi connectivity index (χ4v) is 1.78. The highest BCUT2D eigenvalue weighted by Crippen LogP contribution is 2.26. The van der Waals surface area contributed by atoms with Crippen LogP contribution in [0.15, 0.2) is 24.4 Å². The van der Waals surface area contributed by atoms with Gasteiger partial charge in [-0.3, -0.25) is 0 Å². The quantitative estimate of drug-likeness (QED) is 0.897. The first-order valence-electron chi connectivity index (χ1n) is 5.37. The topological polar surface area (TPSA) is 61.6 Å². The molecule has 0 amide bonds. The van der Waals surface area contributed by atoms with Crippen LogP contribution in [0.3, 0.4) is 0 Å². The van der Waals surface area contributed by atoms with Crippen molar-refractivity contribution in [2.24, 2.45) is 0 Å². The molecule has 2 rings (SSSR count). The van der Waals surface area contributed by atoms with E-state index in [1.807, 2.05) is 31.2 Å². The molecule has 0 saturated heterocycles. The normalized spacial score (nSPS) is 9.89. The van der Waals surface area contributed by atoms with E-state index in [0.29, 0.717) is 22.2 Å². The molecule has 0 radical (unpaired) electrons. The lowest BCUT2D eigenvalue weighted by atomic mass is 10.2. The van der Waals surface area contributed by atoms with E-state index in [9.17, 15) is 0 Å². The average molecular weight is 259 g/mol. The van der Waals surface area contributed by atoms with Crippen molar-refractivity contribution < 1.29 is 0 Å². The molecule has 2 aromatic rings. The van der Waals surface area contributed by atoms with Gasteiger partial charge in [0.1, 0.15) is 17.5 Å². The van der Waals surface area contributed by atoms with E-state index < -0.39 is 0 Å². The molecule has 0 spiro atoms. The summed E-state index contributed by atoms with van der Waals surface area (Å²) in [7, 11) is 0. The molecule has 0 fully saturated rings. The second-order valence-corrected chi connectivity index (χ2v) is 4.31. The maximum atomic E-state index is 9.00. The fraction of sp³-hybridized carbons (Fsp3) is 0.154. The minimum Gasteiger partial charge on any atom is -0.338 e. The molecule has 0 aliphatic heterocycles. The van der Waals surface area contributed by atoms with Crippen molar-refractivity contribution in [1.29, 1.82) is 5.26 Å². The van der Waals surface area contributed by atoms with Crippen molar-refractivity contribution in [3.63, 3.8) is 0 Å². The van der Waals surface area contributed by atoms with Crippen molar-refractivity contribution in [3.05, 3.63) is 46.4 Å². The number of benzene rings is 1. The summed E-state index contributed by atoms with van der Waals surface area (Å²) in [6, 6.07) is 7.69. The van der Waals surface area contributed by atoms with E-state index >= 15 is 0 Å². The van der Waals surface area contributed by atoms with E-state index in [2.05, 4.69) is 15.3 Å². The van der Waals surface area contributed by atoms with Crippen LogP contribution < -0.4 is 5.32 Å². The molecule has 1 aromatic carbocycles. The Balaban J connectivity index is 2.40. The smallest absolute Gasteiger partial charge is 0.152 e. The number of nitrogens with one attached hydrogen (secondary N) is 1. The van der Waals surface area contributed by atoms with E-state index in [4.69, 9.17) is 16.9 Å². The van der Waals surface area contributed by atoms with Crippen LogP contribution in [0.2, 0.25) is 5.02 Å². The number of anilines is 2. The molecule has 0 atom stereocenters. The summed E-state index contributed by atoms with van der Waals surface area (Å²) < 4.78 is 0. The van der Waals surface area contributed by atoms with Crippen molar-refractivity contribution in [1.82, 2.24) is 9.97 Å². The fourth-order valence-electron chi connectivity index (χ4n) is 1.50. The zero-order valence-electron chi connectivity index (χ0n) is 10.0. The molecule has 0 saturated carbocycles. The van der Waals surface area contributed by atoms with Gasteiger partial charge in [0.05, 0.1) is 16.9 Å². The lowest BCUT2D eigenvalue weighted by molar-refractivity contribution is 1.05. The highest BCUT2D eigenvalue weighted by molar-refractivity contribution is 6.33. The van der Waals surface area contributed by atoms with Crippen molar-refractivity contribution in [2.45, 2.75) is 13.8 Å². The maximum Gasteiger partial charge on any atom is 0.152 e. The Labute approximate surface area is 110 Å². The van der Waals surface area contributed by atoms with Crippen molar-refractivity contribution >= 4 is 23.1 Å². The van der Waals surface area contributed by atoms with Gasteiger partial charge >= 0.3 is 0 Å². The molecule has 90 valence electrons. The van der Waals surface area contributed by atoms with Crippen LogP contribution in [0.4, 0.5) is 11.5 Å². The van der Waals surface area contributed by atoms with Crippen LogP contribution in [-0.4, -0.2) is 9.97 Å². The van der Waals surface area contributed by atoms with Gasteiger partial charge in [0.15, 0.2) is 5.82 Å². The minimum absolute atomic E-state index is 0.386. The molecule has 0 aliphatic rings. The molecule has 0 unspecified atom stereocenters. The van der Waals surface area contributed by atoms with Gasteiger partial charge in [0.25, 0.3) is 0 Å². The first-order valence-corrected chi connectivity index (χ1v) is 5.75. The summed E-state index contributed by atoms with van der Waals surface area (Å²) in [5.74, 6) is 1.07. The van der Waals surface area contributed by atoms with Gasteiger partial charge in [0, 0.05) is 0 Å². The molecule has 0 aliphatic carbocycles. The Bertz CT molecular complexity index is 631. The first-order chi connectivity index (χ1) is 8.60. The first kappa shape index (κ1) is 12.3. The Kier molecular flexibility index (Phi) is 3.45. The largest absolute Gasteiger partial charge is 0.338 e. The van der Waals surface area contributed by atoms with E-state index in [1.54, 1.807) is 6.92 Å². The summed E-state index contributed by atoms with van der Waals surface area (Å²) in [4.78, 5) is 8.18. The number of hydrogen-bond acceptors (Lipinski definition) is 4. The van der Waals surface area contributed by atoms with Gasteiger partial charge in [0.2, 0.25) is 0 Å². The number of nitrogens with zero attached hydrogens (tertiary/aromatic N) is 3. The Morgan fingerprint density at radius 2 is 2.11 bits per heavy atom. The van der Waals surface area contributed by atoms with Crippen LogP contribution in [0.5, 0.6) is 0 Å². The van der Waals surface area contributed by atoms with Crippen LogP contribution in [0.1, 0.15) is 17.0 Å². The van der Waals surface area contributed by atoms with Gasteiger partial charge in [-0.05, 0) is 31.5 Å². The third kappa shape index (κ3) is 2.58. The molecule has 0 bridgehead atoms. The molecule has 1 N–H and O–H groups in total. The predicted octanol–water partition coefficient (Wildman–Crippen LogP) is 3.36. The second kappa shape index (κ2) is 5.03. The summed E-state index contributed by atoms with van der Waals surface area (Å²) in [5.41, 5.74) is 2.18. The molecular weight excluding hydrogens is 248 g/mol. The lowest BCUT2D eigenvalue weighted by Crippen LogP contribution is -2.00. The van der Waals surface area contributed by atoms with Gasteiger partial charge in [-0.2, -0.15) is 5.26 Å². The highest BCUT2D eigenvalue weighted by Gasteiger charge is 2.07. The monoisotopic (exact) mass is 258 g/mol. The van der Waals surface area contributed by atoms with Crippen LogP contribution in [0.25, 0.3) is 0 Å². The van der Waals surface area contributed by atoms with Gasteiger partial charge < -0.3 is 5.32 Å². The predicted molar refractivity (Wildman–Crippen MR) is 71.0 cm³/mol. The summed E-state index contributed by atoms with van der Waals surface area (Å²) in [5, 5.41) is 12.6. The SMILES string of the molecule is Cc1ccc(Nc2nc(C)ncc2C#N)c(Cl)c1. The van der Waals surface area contributed by atoms with Gasteiger partial charge in [-0.25, -0.2) is 9.97 Å². The van der Waals surface area contributed by atoms with E-state index in [-0.39, 0.29) is 0 Å². The standard InChI is InChI=1S/C13H11ClN4/c1-8-3-4-12(11(14)5-8)18-13-10(6-15)7-16-9(2)17-13/h3-5,7H,1-2H3,(H,16,17,18). The van der Waals surface area contributed by atoms with Crippen LogP contribution >= 0.6 is 11.6 Å². The number of halogens is 1. The van der Waals surface area contributed by atoms with Crippen molar-refractivity contribution in [3.8, 4) is 6.07 Å². The number of nitriles is 1. The zero-order valence-corrected chi connectivity index (χ0v) is 10.8. The Hall–Kier alpha value is -2.12. The second-order valence-electron chi connectivity index (χ2n) is 3.90. The molecule has 5 heteroatoms. The minimum atomic E-state index is 0.386. The lowest BCUT2D eigenvalue weighted by Gasteiger charge is -2.09. The summed E-state index contributed by atoms with van der Waals surface area (Å²) >= 11 is 6.13. The summed E-state index contributed by atoms with van der Waals surface area (Å²) in [6.45, 7) is 3.73. The molecule has 4 nitrogen and oxygen atoms in total. The Morgan fingerprint density at radius 1 is 1.33 bits per heavy atom. The Morgan fingerprint density at radius 3 is 2.78 bits per heavy atom. The number of aryl methyl sites for hydroxylation is 2. The van der Waals surface area contributed by atoms with Crippen LogP contribution in [-0.2, 0) is 0 Å². The van der Waals surface area contributed by atoms with Crippen LogP contribution in [0, 0.1) is 25.2 Å². The third-order valence-electron chi connectivity index (χ3n) is 2.41. The van der Waals surface area contributed by atoms with Gasteiger partial charge in [-0.1, -0.05) is 17.7 Å².